The van der Waals surface area contributed by atoms with Gasteiger partial charge >= 0.3 is 0 Å². The Hall–Kier alpha value is -1.06. The van der Waals surface area contributed by atoms with E-state index in [1.165, 1.54) is 12.8 Å². The second-order valence-corrected chi connectivity index (χ2v) is 4.82. The summed E-state index contributed by atoms with van der Waals surface area (Å²) in [6.07, 6.45) is 4.15. The Bertz CT molecular complexity index is 512. The van der Waals surface area contributed by atoms with Crippen molar-refractivity contribution in [3.63, 3.8) is 0 Å². The van der Waals surface area contributed by atoms with Crippen LogP contribution in [0, 0.1) is 0 Å². The van der Waals surface area contributed by atoms with Crippen molar-refractivity contribution >= 4 is 23.2 Å². The largest absolute Gasteiger partial charge is 0.310 e. The maximum absolute atomic E-state index is 5.97. The predicted molar refractivity (Wildman–Crippen MR) is 63.7 cm³/mol. The second kappa shape index (κ2) is 3.75. The molecular weight excluding hydrogens is 245 g/mol. The van der Waals surface area contributed by atoms with Gasteiger partial charge in [0.25, 0.3) is 0 Å². The molecule has 1 saturated carbocycles. The Balaban J connectivity index is 2.10. The van der Waals surface area contributed by atoms with Crippen LogP contribution in [0.5, 0.6) is 0 Å². The molecule has 5 heteroatoms. The lowest BCUT2D eigenvalue weighted by Gasteiger charge is -2.05. The molecule has 1 aromatic carbocycles. The van der Waals surface area contributed by atoms with Crippen LogP contribution < -0.4 is 0 Å². The van der Waals surface area contributed by atoms with Crippen molar-refractivity contribution in [3.05, 3.63) is 34.6 Å². The summed E-state index contributed by atoms with van der Waals surface area (Å²) < 4.78 is 2.09. The van der Waals surface area contributed by atoms with Crippen molar-refractivity contribution in [2.24, 2.45) is 0 Å². The van der Waals surface area contributed by atoms with Gasteiger partial charge in [0, 0.05) is 21.7 Å². The first kappa shape index (κ1) is 10.1. The van der Waals surface area contributed by atoms with Crippen molar-refractivity contribution < 1.29 is 0 Å². The lowest BCUT2D eigenvalue weighted by Crippen LogP contribution is -1.95. The van der Waals surface area contributed by atoms with Gasteiger partial charge in [-0.05, 0) is 31.0 Å². The van der Waals surface area contributed by atoms with Gasteiger partial charge in [0.05, 0.1) is 0 Å². The summed E-state index contributed by atoms with van der Waals surface area (Å²) in [5.41, 5.74) is 0.918. The number of aromatic nitrogens is 3. The lowest BCUT2D eigenvalue weighted by atomic mass is 10.2. The van der Waals surface area contributed by atoms with Crippen molar-refractivity contribution in [1.29, 1.82) is 0 Å². The maximum Gasteiger partial charge on any atom is 0.164 e. The van der Waals surface area contributed by atoms with E-state index in [-0.39, 0.29) is 0 Å². The molecule has 0 bridgehead atoms. The van der Waals surface area contributed by atoms with E-state index in [4.69, 9.17) is 23.2 Å². The predicted octanol–water partition coefficient (Wildman–Crippen LogP) is 3.59. The van der Waals surface area contributed by atoms with Gasteiger partial charge in [-0.2, -0.15) is 0 Å². The SMILES string of the molecule is Clc1cc(Cl)cc(-c2nncn2C2CC2)c1. The Labute approximate surface area is 103 Å². The van der Waals surface area contributed by atoms with Gasteiger partial charge in [-0.15, -0.1) is 10.2 Å². The van der Waals surface area contributed by atoms with Gasteiger partial charge in [0.15, 0.2) is 5.82 Å². The smallest absolute Gasteiger partial charge is 0.164 e. The third-order valence-corrected chi connectivity index (χ3v) is 3.07. The van der Waals surface area contributed by atoms with E-state index in [1.54, 1.807) is 12.4 Å². The standard InChI is InChI=1S/C11H9Cl2N3/c12-8-3-7(4-9(13)5-8)11-15-14-6-16(11)10-1-2-10/h3-6,10H,1-2H2. The summed E-state index contributed by atoms with van der Waals surface area (Å²) >= 11 is 11.9. The highest BCUT2D eigenvalue weighted by Gasteiger charge is 2.26. The monoisotopic (exact) mass is 253 g/mol. The van der Waals surface area contributed by atoms with E-state index < -0.39 is 0 Å². The highest BCUT2D eigenvalue weighted by atomic mass is 35.5. The Morgan fingerprint density at radius 2 is 1.81 bits per heavy atom. The van der Waals surface area contributed by atoms with E-state index in [9.17, 15) is 0 Å². The zero-order valence-corrected chi connectivity index (χ0v) is 9.91. The molecule has 2 aromatic rings. The van der Waals surface area contributed by atoms with Gasteiger partial charge < -0.3 is 4.57 Å². The molecule has 0 saturated heterocycles. The molecule has 0 radical (unpaired) electrons. The van der Waals surface area contributed by atoms with Crippen LogP contribution in [0.15, 0.2) is 24.5 Å². The average Bonchev–Trinajstić information content (AvgIpc) is 2.94. The van der Waals surface area contributed by atoms with E-state index in [2.05, 4.69) is 14.8 Å². The number of nitrogens with zero attached hydrogens (tertiary/aromatic N) is 3. The molecule has 0 unspecified atom stereocenters. The van der Waals surface area contributed by atoms with Crippen LogP contribution in [-0.4, -0.2) is 14.8 Å². The Morgan fingerprint density at radius 3 is 2.44 bits per heavy atom. The van der Waals surface area contributed by atoms with Gasteiger partial charge in [-0.3, -0.25) is 0 Å². The minimum absolute atomic E-state index is 0.544. The molecule has 3 rings (SSSR count). The minimum atomic E-state index is 0.544. The van der Waals surface area contributed by atoms with Gasteiger partial charge in [-0.1, -0.05) is 23.2 Å². The molecule has 0 amide bonds. The average molecular weight is 254 g/mol. The van der Waals surface area contributed by atoms with Crippen LogP contribution in [0.3, 0.4) is 0 Å². The third kappa shape index (κ3) is 1.81. The van der Waals surface area contributed by atoms with Crippen LogP contribution >= 0.6 is 23.2 Å². The fourth-order valence-corrected chi connectivity index (χ4v) is 2.28. The van der Waals surface area contributed by atoms with E-state index in [0.717, 1.165) is 11.4 Å². The summed E-state index contributed by atoms with van der Waals surface area (Å²) in [5.74, 6) is 0.840. The van der Waals surface area contributed by atoms with E-state index in [1.807, 2.05) is 12.1 Å². The van der Waals surface area contributed by atoms with E-state index >= 15 is 0 Å². The number of halogens is 2. The number of hydrogen-bond donors (Lipinski definition) is 0. The maximum atomic E-state index is 5.97. The summed E-state index contributed by atoms with van der Waals surface area (Å²) in [5, 5.41) is 9.31. The molecule has 1 fully saturated rings. The van der Waals surface area contributed by atoms with Crippen LogP contribution in [0.1, 0.15) is 18.9 Å². The summed E-state index contributed by atoms with van der Waals surface area (Å²) in [6.45, 7) is 0. The van der Waals surface area contributed by atoms with Gasteiger partial charge in [0.2, 0.25) is 0 Å². The molecular formula is C11H9Cl2N3. The van der Waals surface area contributed by atoms with Gasteiger partial charge in [0.1, 0.15) is 6.33 Å². The third-order valence-electron chi connectivity index (χ3n) is 2.63. The first-order valence-corrected chi connectivity index (χ1v) is 5.85. The molecule has 0 N–H and O–H groups in total. The molecule has 3 nitrogen and oxygen atoms in total. The summed E-state index contributed by atoms with van der Waals surface area (Å²) in [4.78, 5) is 0. The fraction of sp³-hybridized carbons (Fsp3) is 0.273. The topological polar surface area (TPSA) is 30.7 Å². The van der Waals surface area contributed by atoms with Crippen LogP contribution in [-0.2, 0) is 0 Å². The molecule has 1 aliphatic carbocycles. The number of hydrogen-bond acceptors (Lipinski definition) is 2. The normalized spacial score (nSPS) is 15.4. The lowest BCUT2D eigenvalue weighted by molar-refractivity contribution is 0.746. The second-order valence-electron chi connectivity index (χ2n) is 3.95. The highest BCUT2D eigenvalue weighted by molar-refractivity contribution is 6.35. The molecule has 16 heavy (non-hydrogen) atoms. The minimum Gasteiger partial charge on any atom is -0.310 e. The quantitative estimate of drug-likeness (QED) is 0.819. The van der Waals surface area contributed by atoms with Crippen LogP contribution in [0.2, 0.25) is 10.0 Å². The van der Waals surface area contributed by atoms with Crippen molar-refractivity contribution in [1.82, 2.24) is 14.8 Å². The fourth-order valence-electron chi connectivity index (χ4n) is 1.75. The van der Waals surface area contributed by atoms with Crippen molar-refractivity contribution in [2.45, 2.75) is 18.9 Å². The highest BCUT2D eigenvalue weighted by Crippen LogP contribution is 2.38. The summed E-state index contributed by atoms with van der Waals surface area (Å²) in [6, 6.07) is 5.97. The molecule has 1 aromatic heterocycles. The molecule has 0 aliphatic heterocycles. The molecule has 0 spiro atoms. The van der Waals surface area contributed by atoms with Crippen molar-refractivity contribution in [2.75, 3.05) is 0 Å². The number of rotatable bonds is 2. The summed E-state index contributed by atoms with van der Waals surface area (Å²) in [7, 11) is 0. The van der Waals surface area contributed by atoms with Crippen molar-refractivity contribution in [3.8, 4) is 11.4 Å². The Kier molecular flexibility index (Phi) is 2.37. The molecule has 0 atom stereocenters. The van der Waals surface area contributed by atoms with Gasteiger partial charge in [-0.25, -0.2) is 0 Å². The van der Waals surface area contributed by atoms with E-state index in [0.29, 0.717) is 16.1 Å². The Morgan fingerprint density at radius 1 is 1.12 bits per heavy atom. The molecule has 82 valence electrons. The zero-order valence-electron chi connectivity index (χ0n) is 8.40. The molecule has 1 aliphatic rings. The first-order chi connectivity index (χ1) is 7.74. The van der Waals surface area contributed by atoms with Crippen LogP contribution in [0.25, 0.3) is 11.4 Å². The zero-order chi connectivity index (χ0) is 11.1. The number of benzene rings is 1. The first-order valence-electron chi connectivity index (χ1n) is 5.10. The molecule has 1 heterocycles. The van der Waals surface area contributed by atoms with Crippen LogP contribution in [0.4, 0.5) is 0 Å².